The standard InChI is InChI=1S/C13H6Cl3FN2O2S3/c14-6-2-1-3-8(17)11(6)9-5-22-13(18-9)19-24(20,21)10-4-7(15)12(16)23-10/h1-5H,(H,18,19). The monoisotopic (exact) mass is 442 g/mol. The fraction of sp³-hybridized carbons (Fsp3) is 0. The number of anilines is 1. The summed E-state index contributed by atoms with van der Waals surface area (Å²) < 4.78 is 40.9. The molecule has 3 aromatic rings. The third kappa shape index (κ3) is 3.54. The number of hydrogen-bond donors (Lipinski definition) is 1. The van der Waals surface area contributed by atoms with E-state index in [9.17, 15) is 12.8 Å². The van der Waals surface area contributed by atoms with E-state index in [1.54, 1.807) is 0 Å². The molecule has 0 aliphatic heterocycles. The lowest BCUT2D eigenvalue weighted by Gasteiger charge is -2.03. The van der Waals surface area contributed by atoms with Crippen molar-refractivity contribution in [3.63, 3.8) is 0 Å². The Kier molecular flexibility index (Phi) is 5.06. The number of thiophene rings is 1. The summed E-state index contributed by atoms with van der Waals surface area (Å²) in [5.74, 6) is -0.543. The molecule has 2 aromatic heterocycles. The zero-order valence-corrected chi connectivity index (χ0v) is 16.1. The van der Waals surface area contributed by atoms with Crippen molar-refractivity contribution in [1.29, 1.82) is 0 Å². The zero-order chi connectivity index (χ0) is 17.5. The fourth-order valence-electron chi connectivity index (χ4n) is 1.80. The Balaban J connectivity index is 1.92. The number of benzene rings is 1. The molecule has 24 heavy (non-hydrogen) atoms. The van der Waals surface area contributed by atoms with Crippen molar-refractivity contribution in [3.05, 3.63) is 49.8 Å². The lowest BCUT2D eigenvalue weighted by Crippen LogP contribution is -2.11. The molecule has 0 aliphatic carbocycles. The summed E-state index contributed by atoms with van der Waals surface area (Å²) in [5, 5.41) is 1.92. The molecule has 1 aromatic carbocycles. The molecule has 0 fully saturated rings. The molecule has 2 heterocycles. The van der Waals surface area contributed by atoms with Crippen molar-refractivity contribution < 1.29 is 12.8 Å². The quantitative estimate of drug-likeness (QED) is 0.556. The molecular formula is C13H6Cl3FN2O2S3. The summed E-state index contributed by atoms with van der Waals surface area (Å²) in [6.07, 6.45) is 0. The number of thiazole rings is 1. The van der Waals surface area contributed by atoms with Crippen LogP contribution in [0.25, 0.3) is 11.3 Å². The summed E-state index contributed by atoms with van der Waals surface area (Å²) in [6, 6.07) is 5.50. The second-order valence-electron chi connectivity index (χ2n) is 4.43. The second-order valence-corrected chi connectivity index (χ2v) is 9.66. The lowest BCUT2D eigenvalue weighted by molar-refractivity contribution is 0.603. The van der Waals surface area contributed by atoms with E-state index in [2.05, 4.69) is 9.71 Å². The molecule has 1 N–H and O–H groups in total. The third-order valence-electron chi connectivity index (χ3n) is 2.83. The van der Waals surface area contributed by atoms with E-state index in [0.29, 0.717) is 0 Å². The summed E-state index contributed by atoms with van der Waals surface area (Å²) in [6.45, 7) is 0. The minimum atomic E-state index is -3.88. The molecule has 0 saturated carbocycles. The van der Waals surface area contributed by atoms with E-state index in [-0.39, 0.29) is 35.0 Å². The Morgan fingerprint density at radius 2 is 1.92 bits per heavy atom. The molecule has 11 heteroatoms. The molecule has 0 saturated heterocycles. The Morgan fingerprint density at radius 3 is 2.54 bits per heavy atom. The van der Waals surface area contributed by atoms with Crippen LogP contribution in [0, 0.1) is 5.82 Å². The van der Waals surface area contributed by atoms with E-state index in [1.165, 1.54) is 29.6 Å². The molecule has 3 rings (SSSR count). The van der Waals surface area contributed by atoms with E-state index in [1.807, 2.05) is 0 Å². The van der Waals surface area contributed by atoms with Crippen LogP contribution in [-0.4, -0.2) is 13.4 Å². The number of nitrogens with one attached hydrogen (secondary N) is 1. The normalized spacial score (nSPS) is 11.7. The first-order chi connectivity index (χ1) is 11.3. The summed E-state index contributed by atoms with van der Waals surface area (Å²) >= 11 is 19.4. The van der Waals surface area contributed by atoms with Crippen molar-refractivity contribution in [1.82, 2.24) is 4.98 Å². The van der Waals surface area contributed by atoms with E-state index < -0.39 is 15.8 Å². The van der Waals surface area contributed by atoms with E-state index in [4.69, 9.17) is 34.8 Å². The van der Waals surface area contributed by atoms with Gasteiger partial charge >= 0.3 is 0 Å². The summed E-state index contributed by atoms with van der Waals surface area (Å²) in [5.41, 5.74) is 0.353. The highest BCUT2D eigenvalue weighted by Crippen LogP contribution is 2.36. The minimum absolute atomic E-state index is 0.0434. The SMILES string of the molecule is O=S(=O)(Nc1nc(-c2c(F)cccc2Cl)cs1)c1cc(Cl)c(Cl)s1. The molecule has 0 spiro atoms. The van der Waals surface area contributed by atoms with Crippen LogP contribution in [0.3, 0.4) is 0 Å². The second kappa shape index (κ2) is 6.78. The maximum Gasteiger partial charge on any atom is 0.273 e. The molecule has 0 radical (unpaired) electrons. The zero-order valence-electron chi connectivity index (χ0n) is 11.4. The van der Waals surface area contributed by atoms with Gasteiger partial charge in [-0.15, -0.1) is 22.7 Å². The van der Waals surface area contributed by atoms with Gasteiger partial charge in [0.05, 0.1) is 21.3 Å². The average Bonchev–Trinajstić information content (AvgIpc) is 3.06. The van der Waals surface area contributed by atoms with Crippen LogP contribution in [0.4, 0.5) is 9.52 Å². The van der Waals surface area contributed by atoms with Crippen LogP contribution in [0.5, 0.6) is 0 Å². The van der Waals surface area contributed by atoms with Gasteiger partial charge in [-0.05, 0) is 18.2 Å². The molecule has 0 bridgehead atoms. The van der Waals surface area contributed by atoms with Gasteiger partial charge in [0.25, 0.3) is 10.0 Å². The average molecular weight is 444 g/mol. The van der Waals surface area contributed by atoms with Crippen molar-refractivity contribution in [3.8, 4) is 11.3 Å². The van der Waals surface area contributed by atoms with Crippen LogP contribution < -0.4 is 4.72 Å². The predicted molar refractivity (Wildman–Crippen MR) is 97.7 cm³/mol. The number of rotatable bonds is 4. The molecule has 4 nitrogen and oxygen atoms in total. The molecule has 0 atom stereocenters. The topological polar surface area (TPSA) is 59.1 Å². The van der Waals surface area contributed by atoms with Crippen LogP contribution >= 0.6 is 57.5 Å². The highest BCUT2D eigenvalue weighted by Gasteiger charge is 2.21. The first-order valence-corrected chi connectivity index (χ1v) is 10.5. The third-order valence-corrected chi connectivity index (χ3v) is 7.71. The number of hydrogen-bond acceptors (Lipinski definition) is 5. The Morgan fingerprint density at radius 1 is 1.17 bits per heavy atom. The Bertz CT molecular complexity index is 978. The van der Waals surface area contributed by atoms with Crippen LogP contribution in [-0.2, 0) is 10.0 Å². The van der Waals surface area contributed by atoms with Gasteiger partial charge in [-0.1, -0.05) is 40.9 Å². The first-order valence-electron chi connectivity index (χ1n) is 6.15. The summed E-state index contributed by atoms with van der Waals surface area (Å²) in [4.78, 5) is 4.08. The van der Waals surface area contributed by atoms with Gasteiger partial charge in [-0.3, -0.25) is 4.72 Å². The van der Waals surface area contributed by atoms with Gasteiger partial charge in [0.2, 0.25) is 0 Å². The molecular weight excluding hydrogens is 438 g/mol. The molecule has 0 amide bonds. The van der Waals surface area contributed by atoms with Gasteiger partial charge in [0.1, 0.15) is 14.4 Å². The van der Waals surface area contributed by atoms with Crippen molar-refractivity contribution in [2.24, 2.45) is 0 Å². The van der Waals surface area contributed by atoms with Crippen molar-refractivity contribution in [2.75, 3.05) is 4.72 Å². The van der Waals surface area contributed by atoms with Crippen LogP contribution in [0.1, 0.15) is 0 Å². The van der Waals surface area contributed by atoms with Gasteiger partial charge < -0.3 is 0 Å². The molecule has 0 aliphatic rings. The molecule has 126 valence electrons. The fourth-order valence-corrected chi connectivity index (χ4v) is 5.90. The molecule has 0 unspecified atom stereocenters. The number of sulfonamides is 1. The highest BCUT2D eigenvalue weighted by molar-refractivity contribution is 7.95. The maximum atomic E-state index is 13.9. The maximum absolute atomic E-state index is 13.9. The van der Waals surface area contributed by atoms with Gasteiger partial charge in [-0.25, -0.2) is 17.8 Å². The van der Waals surface area contributed by atoms with Crippen LogP contribution in [0.15, 0.2) is 33.9 Å². The van der Waals surface area contributed by atoms with Gasteiger partial charge in [-0.2, -0.15) is 0 Å². The minimum Gasteiger partial charge on any atom is -0.254 e. The highest BCUT2D eigenvalue weighted by atomic mass is 35.5. The van der Waals surface area contributed by atoms with E-state index >= 15 is 0 Å². The van der Waals surface area contributed by atoms with Gasteiger partial charge in [0.15, 0.2) is 5.13 Å². The van der Waals surface area contributed by atoms with Crippen molar-refractivity contribution >= 4 is 72.6 Å². The first kappa shape index (κ1) is 17.9. The Hall–Kier alpha value is -0.900. The largest absolute Gasteiger partial charge is 0.273 e. The lowest BCUT2D eigenvalue weighted by atomic mass is 10.1. The van der Waals surface area contributed by atoms with Gasteiger partial charge in [0, 0.05) is 5.38 Å². The summed E-state index contributed by atoms with van der Waals surface area (Å²) in [7, 11) is -3.88. The Labute approximate surface area is 159 Å². The predicted octanol–water partition coefficient (Wildman–Crippen LogP) is 5.77. The number of aromatic nitrogens is 1. The van der Waals surface area contributed by atoms with E-state index in [0.717, 1.165) is 22.7 Å². The number of nitrogens with zero attached hydrogens (tertiary/aromatic N) is 1. The van der Waals surface area contributed by atoms with Crippen molar-refractivity contribution in [2.45, 2.75) is 4.21 Å². The smallest absolute Gasteiger partial charge is 0.254 e. The van der Waals surface area contributed by atoms with Crippen LogP contribution in [0.2, 0.25) is 14.4 Å². The number of halogens is 4.